The van der Waals surface area contributed by atoms with E-state index in [9.17, 15) is 4.79 Å². The molecule has 124 valence electrons. The van der Waals surface area contributed by atoms with Gasteiger partial charge in [-0.1, -0.05) is 41.4 Å². The van der Waals surface area contributed by atoms with Gasteiger partial charge in [-0.05, 0) is 49.7 Å². The predicted octanol–water partition coefficient (Wildman–Crippen LogP) is 5.16. The highest BCUT2D eigenvalue weighted by molar-refractivity contribution is 6.34. The molecule has 0 unspecified atom stereocenters. The van der Waals surface area contributed by atoms with E-state index >= 15 is 0 Å². The van der Waals surface area contributed by atoms with Crippen LogP contribution in [0.3, 0.4) is 0 Å². The number of rotatable bonds is 3. The number of carbonyl (C=O) groups excluding carboxylic acids is 1. The molecule has 0 saturated carbocycles. The number of para-hydroxylation sites is 1. The minimum Gasteiger partial charge on any atom is -0.295 e. The van der Waals surface area contributed by atoms with Gasteiger partial charge in [0.05, 0.1) is 11.2 Å². The molecule has 0 aliphatic carbocycles. The predicted molar refractivity (Wildman–Crippen MR) is 99.0 cm³/mol. The Morgan fingerprint density at radius 2 is 1.67 bits per heavy atom. The Bertz CT molecular complexity index is 770. The lowest BCUT2D eigenvalue weighted by Gasteiger charge is -2.42. The largest absolute Gasteiger partial charge is 0.332 e. The number of hydrogen-bond donors (Lipinski definition) is 0. The number of benzene rings is 2. The van der Waals surface area contributed by atoms with Gasteiger partial charge in [-0.3, -0.25) is 14.8 Å². The van der Waals surface area contributed by atoms with Crippen molar-refractivity contribution in [1.29, 1.82) is 0 Å². The third-order valence-electron chi connectivity index (χ3n) is 4.14. The van der Waals surface area contributed by atoms with Crippen molar-refractivity contribution in [2.75, 3.05) is 11.6 Å². The molecule has 2 amide bonds. The summed E-state index contributed by atoms with van der Waals surface area (Å²) in [5.41, 5.74) is 1.02. The molecular formula is C18H17Cl2N3O. The average Bonchev–Trinajstić information content (AvgIpc) is 2.55. The summed E-state index contributed by atoms with van der Waals surface area (Å²) >= 11 is 12.3. The molecule has 0 atom stereocenters. The van der Waals surface area contributed by atoms with Crippen molar-refractivity contribution in [2.24, 2.45) is 4.99 Å². The van der Waals surface area contributed by atoms with Crippen LogP contribution in [0.2, 0.25) is 10.0 Å². The zero-order valence-corrected chi connectivity index (χ0v) is 14.9. The van der Waals surface area contributed by atoms with Gasteiger partial charge in [0.25, 0.3) is 0 Å². The van der Waals surface area contributed by atoms with Crippen LogP contribution >= 0.6 is 23.2 Å². The van der Waals surface area contributed by atoms with E-state index in [1.807, 2.05) is 56.3 Å². The summed E-state index contributed by atoms with van der Waals surface area (Å²) in [6.07, 6.45) is 1.56. The van der Waals surface area contributed by atoms with E-state index in [1.54, 1.807) is 17.3 Å². The zero-order valence-electron chi connectivity index (χ0n) is 13.4. The van der Waals surface area contributed by atoms with Gasteiger partial charge in [0, 0.05) is 10.0 Å². The first-order valence-corrected chi connectivity index (χ1v) is 8.27. The lowest BCUT2D eigenvalue weighted by atomic mass is 9.92. The third-order valence-corrected chi connectivity index (χ3v) is 4.57. The number of amides is 2. The lowest BCUT2D eigenvalue weighted by Crippen LogP contribution is -2.54. The van der Waals surface area contributed by atoms with E-state index in [4.69, 9.17) is 23.2 Å². The van der Waals surface area contributed by atoms with Crippen LogP contribution in [-0.4, -0.2) is 23.9 Å². The van der Waals surface area contributed by atoms with Crippen molar-refractivity contribution in [2.45, 2.75) is 19.4 Å². The smallest absolute Gasteiger partial charge is 0.295 e. The first kappa shape index (κ1) is 16.8. The van der Waals surface area contributed by atoms with Gasteiger partial charge in [-0.2, -0.15) is 0 Å². The van der Waals surface area contributed by atoms with E-state index in [0.29, 0.717) is 10.0 Å². The molecule has 4 nitrogen and oxygen atoms in total. The molecule has 6 heteroatoms. The lowest BCUT2D eigenvalue weighted by molar-refractivity contribution is 0.142. The Kier molecular flexibility index (Phi) is 4.52. The van der Waals surface area contributed by atoms with E-state index in [2.05, 4.69) is 4.99 Å². The van der Waals surface area contributed by atoms with Crippen LogP contribution in [0.1, 0.15) is 19.4 Å². The molecule has 0 N–H and O–H groups in total. The monoisotopic (exact) mass is 361 g/mol. The highest BCUT2D eigenvalue weighted by atomic mass is 35.5. The first-order chi connectivity index (χ1) is 11.4. The Morgan fingerprint density at radius 3 is 2.29 bits per heavy atom. The second-order valence-electron chi connectivity index (χ2n) is 6.07. The number of carbonyl (C=O) groups is 1. The van der Waals surface area contributed by atoms with Crippen LogP contribution in [0.4, 0.5) is 10.5 Å². The summed E-state index contributed by atoms with van der Waals surface area (Å²) in [6.45, 7) is 4.19. The van der Waals surface area contributed by atoms with E-state index in [-0.39, 0.29) is 12.7 Å². The Morgan fingerprint density at radius 1 is 1.04 bits per heavy atom. The highest BCUT2D eigenvalue weighted by Crippen LogP contribution is 2.34. The maximum atomic E-state index is 13.0. The average molecular weight is 362 g/mol. The second kappa shape index (κ2) is 6.46. The summed E-state index contributed by atoms with van der Waals surface area (Å²) in [4.78, 5) is 20.6. The van der Waals surface area contributed by atoms with Gasteiger partial charge in [-0.15, -0.1) is 0 Å². The molecule has 0 bridgehead atoms. The summed E-state index contributed by atoms with van der Waals surface area (Å²) in [7, 11) is 0. The van der Waals surface area contributed by atoms with Gasteiger partial charge in [0.1, 0.15) is 13.0 Å². The number of anilines is 1. The van der Waals surface area contributed by atoms with Crippen molar-refractivity contribution in [1.82, 2.24) is 4.90 Å². The quantitative estimate of drug-likeness (QED) is 0.743. The summed E-state index contributed by atoms with van der Waals surface area (Å²) in [5, 5.41) is 1.08. The molecule has 0 radical (unpaired) electrons. The van der Waals surface area contributed by atoms with Gasteiger partial charge in [0.15, 0.2) is 0 Å². The second-order valence-corrected chi connectivity index (χ2v) is 6.95. The first-order valence-electron chi connectivity index (χ1n) is 7.52. The molecule has 3 rings (SSSR count). The molecular weight excluding hydrogens is 345 g/mol. The Labute approximate surface area is 151 Å². The zero-order chi connectivity index (χ0) is 17.3. The van der Waals surface area contributed by atoms with Crippen molar-refractivity contribution in [3.05, 3.63) is 64.1 Å². The number of nitrogens with zero attached hydrogens (tertiary/aromatic N) is 3. The van der Waals surface area contributed by atoms with Crippen molar-refractivity contribution in [3.8, 4) is 0 Å². The van der Waals surface area contributed by atoms with Gasteiger partial charge < -0.3 is 0 Å². The number of urea groups is 1. The molecule has 0 saturated heterocycles. The molecule has 2 aromatic rings. The minimum absolute atomic E-state index is 0.141. The minimum atomic E-state index is -0.615. The van der Waals surface area contributed by atoms with Crippen LogP contribution in [0.25, 0.3) is 0 Å². The van der Waals surface area contributed by atoms with E-state index in [0.717, 1.165) is 11.3 Å². The van der Waals surface area contributed by atoms with Gasteiger partial charge in [0.2, 0.25) is 0 Å². The van der Waals surface area contributed by atoms with Crippen molar-refractivity contribution in [3.63, 3.8) is 0 Å². The van der Waals surface area contributed by atoms with Crippen molar-refractivity contribution >= 4 is 41.3 Å². The van der Waals surface area contributed by atoms with Crippen LogP contribution in [0.15, 0.2) is 53.5 Å². The fourth-order valence-electron chi connectivity index (χ4n) is 2.68. The Hall–Kier alpha value is -2.04. The van der Waals surface area contributed by atoms with Crippen LogP contribution in [-0.2, 0) is 5.54 Å². The molecule has 1 heterocycles. The highest BCUT2D eigenvalue weighted by Gasteiger charge is 2.37. The summed E-state index contributed by atoms with van der Waals surface area (Å²) < 4.78 is 0. The molecule has 0 fully saturated rings. The van der Waals surface area contributed by atoms with Crippen LogP contribution < -0.4 is 4.90 Å². The maximum absolute atomic E-state index is 13.0. The van der Waals surface area contributed by atoms with Crippen LogP contribution in [0, 0.1) is 0 Å². The SMILES string of the molecule is CC(C)(c1cc(Cl)cc(Cl)c1)N1CN=CN(c2ccccc2)C1=O. The van der Waals surface area contributed by atoms with Gasteiger partial charge >= 0.3 is 6.03 Å². The standard InChI is InChI=1S/C18H17Cl2N3O/c1-18(2,13-8-14(19)10-15(20)9-13)23-12-21-11-22(17(23)24)16-6-4-3-5-7-16/h3-11H,12H2,1-2H3. The summed E-state index contributed by atoms with van der Waals surface area (Å²) in [6, 6.07) is 14.6. The molecule has 1 aliphatic heterocycles. The molecule has 1 aliphatic rings. The summed E-state index contributed by atoms with van der Waals surface area (Å²) in [5.74, 6) is 0. The van der Waals surface area contributed by atoms with E-state index < -0.39 is 5.54 Å². The fraction of sp³-hybridized carbons (Fsp3) is 0.222. The Balaban J connectivity index is 1.96. The van der Waals surface area contributed by atoms with Crippen LogP contribution in [0.5, 0.6) is 0 Å². The normalized spacial score (nSPS) is 15.1. The molecule has 2 aromatic carbocycles. The fourth-order valence-corrected chi connectivity index (χ4v) is 3.21. The third kappa shape index (κ3) is 3.12. The molecule has 24 heavy (non-hydrogen) atoms. The topological polar surface area (TPSA) is 35.9 Å². The van der Waals surface area contributed by atoms with Crippen molar-refractivity contribution < 1.29 is 4.79 Å². The van der Waals surface area contributed by atoms with E-state index in [1.165, 1.54) is 4.90 Å². The number of aliphatic imine (C=N–C) groups is 1. The number of halogens is 2. The van der Waals surface area contributed by atoms with Gasteiger partial charge in [-0.25, -0.2) is 4.79 Å². The molecule has 0 spiro atoms. The molecule has 0 aromatic heterocycles. The number of hydrogen-bond acceptors (Lipinski definition) is 2. The maximum Gasteiger partial charge on any atom is 0.332 e.